The molecule has 2 heterocycles. The fourth-order valence-electron chi connectivity index (χ4n) is 5.88. The molecule has 3 fully saturated rings. The lowest BCUT2D eigenvalue weighted by Crippen LogP contribution is -2.69. The van der Waals surface area contributed by atoms with Gasteiger partial charge in [0.05, 0.1) is 43.5 Å². The van der Waals surface area contributed by atoms with Crippen molar-refractivity contribution < 1.29 is 54.4 Å². The summed E-state index contributed by atoms with van der Waals surface area (Å²) in [6.45, 7) is 2.15. The maximum Gasteiger partial charge on any atom is 0.251 e. The van der Waals surface area contributed by atoms with Crippen molar-refractivity contribution >= 4 is 5.91 Å². The number of aliphatic hydroxyl groups is 6. The standard InChI is InChI=1S/C26H52N6O11/c1-26(39)11-40-25(19(37)22(26)30-2)43-21-15(32-23(38)17(35)16(34)5-6-27)9-14(29)20(18(21)36)42-24-13(28)4-3-12(41-24)10-31-7-8-33/h12-22,24-25,30-31,33-37,39H,3-11,27-29H2,1-2H3,(H,32,38). The minimum atomic E-state index is -1.81. The molecule has 1 aliphatic carbocycles. The second-order valence-corrected chi connectivity index (χ2v) is 11.9. The van der Waals surface area contributed by atoms with E-state index in [1.165, 1.54) is 6.92 Å². The molecule has 0 spiro atoms. The summed E-state index contributed by atoms with van der Waals surface area (Å²) in [5.41, 5.74) is 16.7. The van der Waals surface area contributed by atoms with E-state index in [4.69, 9.17) is 41.3 Å². The molecule has 3 aliphatic rings. The average molecular weight is 625 g/mol. The molecule has 43 heavy (non-hydrogen) atoms. The molecule has 3 rings (SSSR count). The number of ether oxygens (including phenoxy) is 4. The van der Waals surface area contributed by atoms with Crippen molar-refractivity contribution in [3.8, 4) is 0 Å². The van der Waals surface area contributed by atoms with E-state index < -0.39 is 84.9 Å². The first kappa shape index (κ1) is 36.3. The maximum atomic E-state index is 12.9. The van der Waals surface area contributed by atoms with E-state index in [9.17, 15) is 30.3 Å². The van der Waals surface area contributed by atoms with Crippen LogP contribution in [0.15, 0.2) is 0 Å². The van der Waals surface area contributed by atoms with Crippen LogP contribution in [0.2, 0.25) is 0 Å². The SMILES string of the molecule is CNC1C(O)C(OC2C(NC(=O)C(O)C(O)CCN)CC(N)C(OC3OC(CNCCO)CCC3N)C2O)OCC1(C)O. The number of hydrogen-bond acceptors (Lipinski definition) is 16. The van der Waals surface area contributed by atoms with Crippen LogP contribution in [0, 0.1) is 0 Å². The zero-order valence-electron chi connectivity index (χ0n) is 24.8. The number of aliphatic hydroxyl groups excluding tert-OH is 5. The van der Waals surface area contributed by atoms with E-state index in [1.54, 1.807) is 7.05 Å². The lowest BCUT2D eigenvalue weighted by atomic mass is 9.83. The first-order chi connectivity index (χ1) is 20.3. The van der Waals surface area contributed by atoms with Crippen molar-refractivity contribution in [3.63, 3.8) is 0 Å². The first-order valence-electron chi connectivity index (χ1n) is 14.9. The van der Waals surface area contributed by atoms with E-state index in [0.717, 1.165) is 0 Å². The third-order valence-corrected chi connectivity index (χ3v) is 8.32. The van der Waals surface area contributed by atoms with Gasteiger partial charge in [-0.2, -0.15) is 0 Å². The average Bonchev–Trinajstić information content (AvgIpc) is 2.95. The second kappa shape index (κ2) is 16.4. The van der Waals surface area contributed by atoms with Gasteiger partial charge in [-0.15, -0.1) is 0 Å². The Morgan fingerprint density at radius 1 is 1.09 bits per heavy atom. The summed E-state index contributed by atoms with van der Waals surface area (Å²) >= 11 is 0. The summed E-state index contributed by atoms with van der Waals surface area (Å²) in [6.07, 6.45) is -9.81. The largest absolute Gasteiger partial charge is 0.395 e. The van der Waals surface area contributed by atoms with Crippen LogP contribution in [0.4, 0.5) is 0 Å². The summed E-state index contributed by atoms with van der Waals surface area (Å²) in [6, 6.07) is -3.25. The summed E-state index contributed by atoms with van der Waals surface area (Å²) in [5, 5.41) is 71.1. The van der Waals surface area contributed by atoms with E-state index in [-0.39, 0.29) is 38.7 Å². The molecule has 0 bridgehead atoms. The number of hydrogen-bond donors (Lipinski definition) is 12. The van der Waals surface area contributed by atoms with E-state index in [2.05, 4.69) is 16.0 Å². The summed E-state index contributed by atoms with van der Waals surface area (Å²) in [5.74, 6) is -0.935. The van der Waals surface area contributed by atoms with Gasteiger partial charge in [0.25, 0.3) is 5.91 Å². The normalized spacial score (nSPS) is 41.9. The Bertz CT molecular complexity index is 862. The van der Waals surface area contributed by atoms with Gasteiger partial charge in [0.2, 0.25) is 0 Å². The zero-order valence-corrected chi connectivity index (χ0v) is 24.8. The molecule has 17 heteroatoms. The highest BCUT2D eigenvalue weighted by Gasteiger charge is 2.52. The Hall–Kier alpha value is -1.13. The van der Waals surface area contributed by atoms with Gasteiger partial charge >= 0.3 is 0 Å². The van der Waals surface area contributed by atoms with Gasteiger partial charge in [0.15, 0.2) is 18.7 Å². The van der Waals surface area contributed by atoms with Crippen molar-refractivity contribution in [2.75, 3.05) is 39.9 Å². The van der Waals surface area contributed by atoms with Gasteiger partial charge in [0.1, 0.15) is 30.0 Å². The predicted octanol–water partition coefficient (Wildman–Crippen LogP) is -6.13. The number of rotatable bonds is 14. The van der Waals surface area contributed by atoms with Crippen LogP contribution in [0.3, 0.4) is 0 Å². The molecule has 0 aromatic rings. The molecule has 17 nitrogen and oxygen atoms in total. The van der Waals surface area contributed by atoms with Crippen molar-refractivity contribution in [2.45, 2.75) is 118 Å². The quantitative estimate of drug-likeness (QED) is 0.0800. The molecule has 14 atom stereocenters. The van der Waals surface area contributed by atoms with Gasteiger partial charge in [-0.1, -0.05) is 0 Å². The second-order valence-electron chi connectivity index (χ2n) is 11.9. The van der Waals surface area contributed by atoms with Crippen LogP contribution in [0.25, 0.3) is 0 Å². The smallest absolute Gasteiger partial charge is 0.251 e. The molecule has 2 saturated heterocycles. The molecule has 2 aliphatic heterocycles. The van der Waals surface area contributed by atoms with Crippen molar-refractivity contribution in [1.82, 2.24) is 16.0 Å². The molecule has 15 N–H and O–H groups in total. The predicted molar refractivity (Wildman–Crippen MR) is 151 cm³/mol. The molecule has 252 valence electrons. The number of carbonyl (C=O) groups is 1. The van der Waals surface area contributed by atoms with Crippen LogP contribution in [0.1, 0.15) is 32.6 Å². The zero-order chi connectivity index (χ0) is 31.9. The van der Waals surface area contributed by atoms with Gasteiger partial charge in [0, 0.05) is 19.1 Å². The van der Waals surface area contributed by atoms with Gasteiger partial charge in [-0.3, -0.25) is 4.79 Å². The molecular weight excluding hydrogens is 572 g/mol. The fraction of sp³-hybridized carbons (Fsp3) is 0.962. The minimum Gasteiger partial charge on any atom is -0.395 e. The number of amides is 1. The van der Waals surface area contributed by atoms with Crippen LogP contribution >= 0.6 is 0 Å². The van der Waals surface area contributed by atoms with Gasteiger partial charge in [-0.25, -0.2) is 0 Å². The summed E-state index contributed by atoms with van der Waals surface area (Å²) in [4.78, 5) is 12.9. The summed E-state index contributed by atoms with van der Waals surface area (Å²) in [7, 11) is 1.56. The Labute approximate surface area is 251 Å². The Kier molecular flexibility index (Phi) is 13.9. The lowest BCUT2D eigenvalue weighted by Gasteiger charge is -2.49. The fourth-order valence-corrected chi connectivity index (χ4v) is 5.88. The van der Waals surface area contributed by atoms with E-state index in [1.807, 2.05) is 0 Å². The Morgan fingerprint density at radius 3 is 2.44 bits per heavy atom. The monoisotopic (exact) mass is 624 g/mol. The van der Waals surface area contributed by atoms with Gasteiger partial charge in [-0.05, 0) is 46.2 Å². The molecule has 14 unspecified atom stereocenters. The minimum absolute atomic E-state index is 0.00271. The van der Waals surface area contributed by atoms with E-state index in [0.29, 0.717) is 25.9 Å². The Balaban J connectivity index is 1.80. The number of nitrogens with two attached hydrogens (primary N) is 3. The van der Waals surface area contributed by atoms with Crippen LogP contribution < -0.4 is 33.2 Å². The van der Waals surface area contributed by atoms with Crippen LogP contribution in [-0.4, -0.2) is 162 Å². The van der Waals surface area contributed by atoms with E-state index >= 15 is 0 Å². The van der Waals surface area contributed by atoms with Crippen LogP contribution in [-0.2, 0) is 23.7 Å². The highest BCUT2D eigenvalue weighted by atomic mass is 16.7. The van der Waals surface area contributed by atoms with Crippen LogP contribution in [0.5, 0.6) is 0 Å². The Morgan fingerprint density at radius 2 is 1.79 bits per heavy atom. The molecule has 1 saturated carbocycles. The topological polar surface area (TPSA) is 290 Å². The maximum absolute atomic E-state index is 12.9. The molecule has 1 amide bonds. The van der Waals surface area contributed by atoms with Crippen molar-refractivity contribution in [2.24, 2.45) is 17.2 Å². The van der Waals surface area contributed by atoms with Crippen molar-refractivity contribution in [3.05, 3.63) is 0 Å². The number of nitrogens with one attached hydrogen (secondary N) is 3. The van der Waals surface area contributed by atoms with Gasteiger partial charge < -0.3 is 82.7 Å². The number of likely N-dealkylation sites (N-methyl/N-ethyl adjacent to an activating group) is 1. The number of carbonyl (C=O) groups excluding carboxylic acids is 1. The lowest BCUT2D eigenvalue weighted by molar-refractivity contribution is -0.307. The highest BCUT2D eigenvalue weighted by Crippen LogP contribution is 2.32. The molecule has 0 radical (unpaired) electrons. The molecule has 0 aromatic carbocycles. The summed E-state index contributed by atoms with van der Waals surface area (Å²) < 4.78 is 23.9. The molecule has 0 aromatic heterocycles. The third kappa shape index (κ3) is 9.21. The third-order valence-electron chi connectivity index (χ3n) is 8.32. The molecular formula is C26H52N6O11. The first-order valence-corrected chi connectivity index (χ1v) is 14.9. The highest BCUT2D eigenvalue weighted by molar-refractivity contribution is 5.81. The van der Waals surface area contributed by atoms with Crippen molar-refractivity contribution in [1.29, 1.82) is 0 Å².